The number of ether oxygens (including phenoxy) is 1. The minimum atomic E-state index is -0.130. The molecule has 0 atom stereocenters. The van der Waals surface area contributed by atoms with E-state index in [4.69, 9.17) is 4.74 Å². The van der Waals surface area contributed by atoms with E-state index in [9.17, 15) is 4.79 Å². The van der Waals surface area contributed by atoms with Crippen LogP contribution in [0.15, 0.2) is 48.5 Å². The molecule has 1 aromatic heterocycles. The predicted octanol–water partition coefficient (Wildman–Crippen LogP) is 3.90. The van der Waals surface area contributed by atoms with E-state index in [1.807, 2.05) is 86.1 Å². The summed E-state index contributed by atoms with van der Waals surface area (Å²) in [6.07, 6.45) is 0. The average Bonchev–Trinajstić information content (AvgIpc) is 2.92. The van der Waals surface area contributed by atoms with Crippen LogP contribution in [-0.4, -0.2) is 31.2 Å². The molecule has 0 fully saturated rings. The second-order valence-electron chi connectivity index (χ2n) is 6.14. The molecular formula is C20H23N3O2. The van der Waals surface area contributed by atoms with Crippen LogP contribution in [0.2, 0.25) is 0 Å². The lowest BCUT2D eigenvalue weighted by Gasteiger charge is -2.13. The van der Waals surface area contributed by atoms with Crippen molar-refractivity contribution in [1.82, 2.24) is 4.57 Å². The van der Waals surface area contributed by atoms with Crippen LogP contribution in [0.4, 0.5) is 11.4 Å². The molecule has 0 saturated carbocycles. The Hall–Kier alpha value is -2.95. The van der Waals surface area contributed by atoms with Crippen molar-refractivity contribution in [3.8, 4) is 5.75 Å². The van der Waals surface area contributed by atoms with Gasteiger partial charge in [-0.3, -0.25) is 4.79 Å². The summed E-state index contributed by atoms with van der Waals surface area (Å²) in [4.78, 5) is 14.7. The maximum Gasteiger partial charge on any atom is 0.272 e. The third-order valence-corrected chi connectivity index (χ3v) is 4.20. The van der Waals surface area contributed by atoms with Crippen molar-refractivity contribution >= 4 is 28.2 Å². The summed E-state index contributed by atoms with van der Waals surface area (Å²) in [5, 5.41) is 3.94. The Kier molecular flexibility index (Phi) is 4.65. The van der Waals surface area contributed by atoms with Crippen LogP contribution < -0.4 is 15.0 Å². The van der Waals surface area contributed by atoms with Crippen LogP contribution in [-0.2, 0) is 7.05 Å². The molecule has 0 unspecified atom stereocenters. The Morgan fingerprint density at radius 3 is 2.48 bits per heavy atom. The Morgan fingerprint density at radius 1 is 1.12 bits per heavy atom. The van der Waals surface area contributed by atoms with Crippen molar-refractivity contribution in [1.29, 1.82) is 0 Å². The Balaban J connectivity index is 1.85. The molecule has 25 heavy (non-hydrogen) atoms. The fraction of sp³-hybridized carbons (Fsp3) is 0.250. The molecule has 0 aliphatic rings. The highest BCUT2D eigenvalue weighted by atomic mass is 16.5. The van der Waals surface area contributed by atoms with E-state index < -0.39 is 0 Å². The molecule has 1 N–H and O–H groups in total. The minimum absolute atomic E-state index is 0.130. The largest absolute Gasteiger partial charge is 0.494 e. The number of fused-ring (bicyclic) bond motifs is 1. The number of amides is 1. The lowest BCUT2D eigenvalue weighted by Crippen LogP contribution is -2.15. The lowest BCUT2D eigenvalue weighted by atomic mass is 10.2. The van der Waals surface area contributed by atoms with Gasteiger partial charge < -0.3 is 19.5 Å². The molecule has 0 radical (unpaired) electrons. The molecule has 0 aliphatic carbocycles. The highest BCUT2D eigenvalue weighted by Crippen LogP contribution is 2.25. The number of hydrogen-bond acceptors (Lipinski definition) is 3. The highest BCUT2D eigenvalue weighted by molar-refractivity contribution is 6.06. The summed E-state index contributed by atoms with van der Waals surface area (Å²) in [5.41, 5.74) is 3.47. The van der Waals surface area contributed by atoms with Crippen LogP contribution >= 0.6 is 0 Å². The minimum Gasteiger partial charge on any atom is -0.494 e. The van der Waals surface area contributed by atoms with Gasteiger partial charge in [0, 0.05) is 43.4 Å². The van der Waals surface area contributed by atoms with Gasteiger partial charge in [-0.1, -0.05) is 0 Å². The maximum atomic E-state index is 12.7. The molecule has 130 valence electrons. The number of carbonyl (C=O) groups excluding carboxylic acids is 1. The van der Waals surface area contributed by atoms with Crippen LogP contribution in [0, 0.1) is 0 Å². The molecule has 3 rings (SSSR count). The van der Waals surface area contributed by atoms with E-state index in [0.29, 0.717) is 12.3 Å². The van der Waals surface area contributed by atoms with Gasteiger partial charge in [0.2, 0.25) is 0 Å². The van der Waals surface area contributed by atoms with Crippen molar-refractivity contribution in [2.24, 2.45) is 7.05 Å². The van der Waals surface area contributed by atoms with Crippen LogP contribution in [0.25, 0.3) is 10.9 Å². The zero-order valence-corrected chi connectivity index (χ0v) is 15.0. The summed E-state index contributed by atoms with van der Waals surface area (Å²) in [5.74, 6) is 0.682. The second kappa shape index (κ2) is 6.89. The summed E-state index contributed by atoms with van der Waals surface area (Å²) in [6, 6.07) is 15.5. The van der Waals surface area contributed by atoms with Crippen molar-refractivity contribution in [3.63, 3.8) is 0 Å². The van der Waals surface area contributed by atoms with Gasteiger partial charge in [-0.25, -0.2) is 0 Å². The van der Waals surface area contributed by atoms with Gasteiger partial charge in [0.25, 0.3) is 5.91 Å². The van der Waals surface area contributed by atoms with Crippen molar-refractivity contribution in [2.75, 3.05) is 30.9 Å². The number of aryl methyl sites for hydroxylation is 1. The summed E-state index contributed by atoms with van der Waals surface area (Å²) < 4.78 is 7.43. The van der Waals surface area contributed by atoms with Crippen LogP contribution in [0.1, 0.15) is 17.4 Å². The first-order valence-electron chi connectivity index (χ1n) is 8.30. The Labute approximate surface area is 147 Å². The topological polar surface area (TPSA) is 46.5 Å². The van der Waals surface area contributed by atoms with Gasteiger partial charge in [0.05, 0.1) is 6.61 Å². The van der Waals surface area contributed by atoms with Gasteiger partial charge in [0.1, 0.15) is 11.4 Å². The Morgan fingerprint density at radius 2 is 1.84 bits per heavy atom. The summed E-state index contributed by atoms with van der Waals surface area (Å²) in [7, 11) is 5.87. The maximum absolute atomic E-state index is 12.7. The predicted molar refractivity (Wildman–Crippen MR) is 103 cm³/mol. The molecule has 0 saturated heterocycles. The second-order valence-corrected chi connectivity index (χ2v) is 6.14. The van der Waals surface area contributed by atoms with E-state index in [2.05, 4.69) is 5.32 Å². The van der Waals surface area contributed by atoms with E-state index in [0.717, 1.165) is 28.0 Å². The number of carbonyl (C=O) groups is 1. The number of benzene rings is 2. The number of hydrogen-bond donors (Lipinski definition) is 1. The van der Waals surface area contributed by atoms with Gasteiger partial charge in [-0.15, -0.1) is 0 Å². The average molecular weight is 337 g/mol. The number of rotatable bonds is 5. The summed E-state index contributed by atoms with van der Waals surface area (Å²) in [6.45, 7) is 2.57. The first kappa shape index (κ1) is 16.9. The molecule has 0 spiro atoms. The monoisotopic (exact) mass is 337 g/mol. The first-order valence-corrected chi connectivity index (χ1v) is 8.30. The fourth-order valence-corrected chi connectivity index (χ4v) is 2.84. The standard InChI is InChI=1S/C20H23N3O2/c1-5-25-17-10-11-18-14(12-17)13-19(23(18)4)20(24)21-15-6-8-16(9-7-15)22(2)3/h6-13H,5H2,1-4H3,(H,21,24). The SMILES string of the molecule is CCOc1ccc2c(c1)cc(C(=O)Nc1ccc(N(C)C)cc1)n2C. The van der Waals surface area contributed by atoms with Gasteiger partial charge in [-0.05, 0) is 55.5 Å². The van der Waals surface area contributed by atoms with Crippen molar-refractivity contribution in [2.45, 2.75) is 6.92 Å². The molecule has 0 aliphatic heterocycles. The molecular weight excluding hydrogens is 314 g/mol. The number of nitrogens with one attached hydrogen (secondary N) is 1. The van der Waals surface area contributed by atoms with E-state index in [1.165, 1.54) is 0 Å². The lowest BCUT2D eigenvalue weighted by molar-refractivity contribution is 0.102. The van der Waals surface area contributed by atoms with Crippen LogP contribution in [0.3, 0.4) is 0 Å². The van der Waals surface area contributed by atoms with E-state index >= 15 is 0 Å². The molecule has 1 amide bonds. The van der Waals surface area contributed by atoms with Gasteiger partial charge in [-0.2, -0.15) is 0 Å². The molecule has 5 heteroatoms. The molecule has 0 bridgehead atoms. The third-order valence-electron chi connectivity index (χ3n) is 4.20. The molecule has 1 heterocycles. The van der Waals surface area contributed by atoms with Gasteiger partial charge >= 0.3 is 0 Å². The van der Waals surface area contributed by atoms with Gasteiger partial charge in [0.15, 0.2) is 0 Å². The zero-order chi connectivity index (χ0) is 18.0. The smallest absolute Gasteiger partial charge is 0.272 e. The van der Waals surface area contributed by atoms with E-state index in [1.54, 1.807) is 0 Å². The molecule has 3 aromatic rings. The third kappa shape index (κ3) is 3.45. The summed E-state index contributed by atoms with van der Waals surface area (Å²) >= 11 is 0. The van der Waals surface area contributed by atoms with Crippen molar-refractivity contribution in [3.05, 3.63) is 54.2 Å². The number of aromatic nitrogens is 1. The zero-order valence-electron chi connectivity index (χ0n) is 15.0. The molecule has 5 nitrogen and oxygen atoms in total. The normalized spacial score (nSPS) is 10.7. The quantitative estimate of drug-likeness (QED) is 0.768. The first-order chi connectivity index (χ1) is 12.0. The van der Waals surface area contributed by atoms with Crippen LogP contribution in [0.5, 0.6) is 5.75 Å². The van der Waals surface area contributed by atoms with Crippen molar-refractivity contribution < 1.29 is 9.53 Å². The number of anilines is 2. The highest BCUT2D eigenvalue weighted by Gasteiger charge is 2.14. The Bertz CT molecular complexity index is 895. The number of nitrogens with zero attached hydrogens (tertiary/aromatic N) is 2. The fourth-order valence-electron chi connectivity index (χ4n) is 2.84. The van der Waals surface area contributed by atoms with E-state index in [-0.39, 0.29) is 5.91 Å². The molecule has 2 aromatic carbocycles.